The van der Waals surface area contributed by atoms with E-state index in [1.165, 1.54) is 29.7 Å². The summed E-state index contributed by atoms with van der Waals surface area (Å²) in [5.74, 6) is -0.279. The molecule has 0 fully saturated rings. The summed E-state index contributed by atoms with van der Waals surface area (Å²) in [6.07, 6.45) is 6.69. The molecule has 1 aromatic carbocycles. The lowest BCUT2D eigenvalue weighted by Gasteiger charge is -2.23. The van der Waals surface area contributed by atoms with Crippen molar-refractivity contribution < 1.29 is 9.59 Å². The number of rotatable bonds is 12. The summed E-state index contributed by atoms with van der Waals surface area (Å²) >= 11 is 1.33. The lowest BCUT2D eigenvalue weighted by atomic mass is 9.98. The monoisotopic (exact) mass is 430 g/mol. The topological polar surface area (TPSA) is 84.0 Å². The number of hydrogen-bond donors (Lipinski definition) is 2. The summed E-state index contributed by atoms with van der Waals surface area (Å²) < 4.78 is 0. The molecule has 6 nitrogen and oxygen atoms in total. The predicted molar refractivity (Wildman–Crippen MR) is 123 cm³/mol. The Hall–Kier alpha value is -2.28. The molecule has 2 N–H and O–H groups in total. The third kappa shape index (κ3) is 7.52. The molecule has 0 bridgehead atoms. The quantitative estimate of drug-likeness (QED) is 0.445. The highest BCUT2D eigenvalue weighted by Gasteiger charge is 2.26. The highest BCUT2D eigenvalue weighted by molar-refractivity contribution is 7.18. The minimum Gasteiger partial charge on any atom is -0.344 e. The lowest BCUT2D eigenvalue weighted by Crippen LogP contribution is -2.47. The van der Waals surface area contributed by atoms with Crippen LogP contribution in [0.15, 0.2) is 24.3 Å². The number of nitrogens with zero attached hydrogens (tertiary/aromatic N) is 2. The molecule has 1 aromatic heterocycles. The molecule has 0 saturated heterocycles. The van der Waals surface area contributed by atoms with Crippen LogP contribution in [-0.4, -0.2) is 28.1 Å². The van der Waals surface area contributed by atoms with Crippen LogP contribution in [0.5, 0.6) is 0 Å². The molecule has 30 heavy (non-hydrogen) atoms. The van der Waals surface area contributed by atoms with Gasteiger partial charge in [0.2, 0.25) is 16.9 Å². The van der Waals surface area contributed by atoms with Gasteiger partial charge in [-0.25, -0.2) is 0 Å². The van der Waals surface area contributed by atoms with Gasteiger partial charge in [-0.3, -0.25) is 14.9 Å². The van der Waals surface area contributed by atoms with Gasteiger partial charge in [0.1, 0.15) is 11.0 Å². The maximum absolute atomic E-state index is 12.9. The first kappa shape index (κ1) is 24.0. The first-order valence-electron chi connectivity index (χ1n) is 10.9. The lowest BCUT2D eigenvalue weighted by molar-refractivity contribution is -0.127. The van der Waals surface area contributed by atoms with E-state index in [0.29, 0.717) is 11.6 Å². The molecule has 0 radical (unpaired) electrons. The summed E-state index contributed by atoms with van der Waals surface area (Å²) in [5.41, 5.74) is 2.14. The second-order valence-electron chi connectivity index (χ2n) is 7.86. The van der Waals surface area contributed by atoms with Crippen LogP contribution in [0.3, 0.4) is 0 Å². The Morgan fingerprint density at radius 1 is 1.03 bits per heavy atom. The maximum atomic E-state index is 12.9. The number of aryl methyl sites for hydroxylation is 1. The smallest absolute Gasteiger partial charge is 0.249 e. The van der Waals surface area contributed by atoms with E-state index in [1.54, 1.807) is 0 Å². The predicted octanol–water partition coefficient (Wildman–Crippen LogP) is 5.34. The molecule has 0 aliphatic carbocycles. The van der Waals surface area contributed by atoms with E-state index in [4.69, 9.17) is 0 Å². The minimum absolute atomic E-state index is 0.0264. The van der Waals surface area contributed by atoms with Crippen molar-refractivity contribution in [1.82, 2.24) is 15.5 Å². The summed E-state index contributed by atoms with van der Waals surface area (Å²) in [5, 5.41) is 15.3. The Morgan fingerprint density at radius 2 is 1.73 bits per heavy atom. The zero-order chi connectivity index (χ0) is 21.9. The third-order valence-corrected chi connectivity index (χ3v) is 6.16. The Kier molecular flexibility index (Phi) is 9.94. The fourth-order valence-corrected chi connectivity index (χ4v) is 3.86. The number of hydrogen-bond acceptors (Lipinski definition) is 5. The van der Waals surface area contributed by atoms with Crippen molar-refractivity contribution in [2.75, 3.05) is 5.32 Å². The number of benzene rings is 1. The van der Waals surface area contributed by atoms with Crippen LogP contribution in [0.1, 0.15) is 71.3 Å². The van der Waals surface area contributed by atoms with Crippen molar-refractivity contribution >= 4 is 28.3 Å². The van der Waals surface area contributed by atoms with Gasteiger partial charge in [-0.2, -0.15) is 0 Å². The van der Waals surface area contributed by atoms with Crippen molar-refractivity contribution in [3.8, 4) is 10.6 Å². The number of amides is 2. The van der Waals surface area contributed by atoms with Crippen LogP contribution in [-0.2, 0) is 9.59 Å². The number of carbonyl (C=O) groups is 2. The van der Waals surface area contributed by atoms with Gasteiger partial charge in [0.15, 0.2) is 0 Å². The molecule has 0 saturated carbocycles. The Bertz CT molecular complexity index is 804. The zero-order valence-electron chi connectivity index (χ0n) is 18.5. The van der Waals surface area contributed by atoms with E-state index >= 15 is 0 Å². The average Bonchev–Trinajstić information content (AvgIpc) is 3.20. The summed E-state index contributed by atoms with van der Waals surface area (Å²) in [6, 6.07) is 7.44. The van der Waals surface area contributed by atoms with E-state index in [2.05, 4.69) is 27.8 Å². The van der Waals surface area contributed by atoms with Gasteiger partial charge in [0, 0.05) is 12.0 Å². The van der Waals surface area contributed by atoms with Gasteiger partial charge < -0.3 is 5.32 Å². The number of aromatic nitrogens is 2. The van der Waals surface area contributed by atoms with Crippen LogP contribution in [0.4, 0.5) is 5.13 Å². The van der Waals surface area contributed by atoms with E-state index in [9.17, 15) is 9.59 Å². The Balaban J connectivity index is 1.95. The molecule has 0 aliphatic heterocycles. The number of unbranched alkanes of at least 4 members (excludes halogenated alkanes) is 4. The van der Waals surface area contributed by atoms with Crippen LogP contribution in [0.25, 0.3) is 10.6 Å². The second kappa shape index (κ2) is 12.4. The molecule has 7 heteroatoms. The fourth-order valence-electron chi connectivity index (χ4n) is 3.11. The Labute approximate surface area is 183 Å². The van der Waals surface area contributed by atoms with Crippen LogP contribution >= 0.6 is 11.3 Å². The summed E-state index contributed by atoms with van der Waals surface area (Å²) in [4.78, 5) is 25.2. The van der Waals surface area contributed by atoms with Gasteiger partial charge in [0.05, 0.1) is 0 Å². The minimum atomic E-state index is -0.579. The highest BCUT2D eigenvalue weighted by atomic mass is 32.1. The molecular formula is C23H34N4O2S. The number of anilines is 1. The number of nitrogens with one attached hydrogen (secondary N) is 2. The third-order valence-electron chi connectivity index (χ3n) is 5.27. The summed E-state index contributed by atoms with van der Waals surface area (Å²) in [6.45, 7) is 8.19. The molecule has 0 spiro atoms. The van der Waals surface area contributed by atoms with Crippen LogP contribution < -0.4 is 10.6 Å². The average molecular weight is 431 g/mol. The first-order valence-corrected chi connectivity index (χ1v) is 11.8. The normalized spacial score (nSPS) is 12.9. The molecular weight excluding hydrogens is 396 g/mol. The van der Waals surface area contributed by atoms with Crippen molar-refractivity contribution in [2.24, 2.45) is 5.92 Å². The van der Waals surface area contributed by atoms with Crippen molar-refractivity contribution in [1.29, 1.82) is 0 Å². The van der Waals surface area contributed by atoms with Gasteiger partial charge in [0.25, 0.3) is 0 Å². The second-order valence-corrected chi connectivity index (χ2v) is 8.84. The molecule has 2 amide bonds. The van der Waals surface area contributed by atoms with Gasteiger partial charge >= 0.3 is 0 Å². The molecule has 2 unspecified atom stereocenters. The molecule has 2 aromatic rings. The molecule has 164 valence electrons. The standard InChI is InChI=1S/C23H34N4O2S/c1-5-7-8-9-10-11-19(28)24-20(17(4)6-2)21(29)25-23-27-26-22(30-23)18-14-12-16(3)13-15-18/h12-15,17,20H,5-11H2,1-4H3,(H,24,28)(H,25,27,29). The van der Waals surface area contributed by atoms with E-state index in [-0.39, 0.29) is 17.7 Å². The maximum Gasteiger partial charge on any atom is 0.249 e. The van der Waals surface area contributed by atoms with E-state index in [1.807, 2.05) is 45.0 Å². The highest BCUT2D eigenvalue weighted by Crippen LogP contribution is 2.26. The zero-order valence-corrected chi connectivity index (χ0v) is 19.3. The van der Waals surface area contributed by atoms with Crippen LogP contribution in [0, 0.1) is 12.8 Å². The van der Waals surface area contributed by atoms with Crippen LogP contribution in [0.2, 0.25) is 0 Å². The van der Waals surface area contributed by atoms with E-state index < -0.39 is 6.04 Å². The van der Waals surface area contributed by atoms with Gasteiger partial charge in [-0.1, -0.05) is 94.0 Å². The molecule has 1 heterocycles. The molecule has 0 aliphatic rings. The van der Waals surface area contributed by atoms with Crippen molar-refractivity contribution in [3.05, 3.63) is 29.8 Å². The van der Waals surface area contributed by atoms with Gasteiger partial charge in [-0.15, -0.1) is 10.2 Å². The van der Waals surface area contributed by atoms with Crippen molar-refractivity contribution in [3.63, 3.8) is 0 Å². The SMILES string of the molecule is CCCCCCCC(=O)NC(C(=O)Nc1nnc(-c2ccc(C)cc2)s1)C(C)CC. The fraction of sp³-hybridized carbons (Fsp3) is 0.565. The van der Waals surface area contributed by atoms with Gasteiger partial charge in [-0.05, 0) is 19.3 Å². The first-order chi connectivity index (χ1) is 14.4. The van der Waals surface area contributed by atoms with Crippen molar-refractivity contribution in [2.45, 2.75) is 78.7 Å². The molecule has 2 rings (SSSR count). The Morgan fingerprint density at radius 3 is 2.40 bits per heavy atom. The van der Waals surface area contributed by atoms with E-state index in [0.717, 1.165) is 36.3 Å². The molecule has 2 atom stereocenters. The number of carbonyl (C=O) groups excluding carboxylic acids is 2. The summed E-state index contributed by atoms with van der Waals surface area (Å²) in [7, 11) is 0. The largest absolute Gasteiger partial charge is 0.344 e.